The minimum Gasteiger partial charge on any atom is -0.324 e. The van der Waals surface area contributed by atoms with Gasteiger partial charge in [-0.1, -0.05) is 12.1 Å². The van der Waals surface area contributed by atoms with Crippen LogP contribution in [0.15, 0.2) is 24.3 Å². The molecule has 0 spiro atoms. The van der Waals surface area contributed by atoms with E-state index < -0.39 is 0 Å². The van der Waals surface area contributed by atoms with Crippen LogP contribution in [0.4, 0.5) is 4.39 Å². The van der Waals surface area contributed by atoms with Gasteiger partial charge in [0.1, 0.15) is 5.82 Å². The molecule has 0 bridgehead atoms. The average molecular weight is 176 g/mol. The molecule has 0 aliphatic rings. The first-order valence-corrected chi connectivity index (χ1v) is 3.21. The molecule has 0 amide bonds. The highest BCUT2D eigenvalue weighted by molar-refractivity contribution is 5.85. The van der Waals surface area contributed by atoms with Gasteiger partial charge in [-0.15, -0.1) is 12.4 Å². The van der Waals surface area contributed by atoms with Crippen molar-refractivity contribution in [3.63, 3.8) is 0 Å². The fraction of sp³-hybridized carbons (Fsp3) is 0.250. The van der Waals surface area contributed by atoms with Crippen molar-refractivity contribution < 1.29 is 4.39 Å². The molecule has 11 heavy (non-hydrogen) atoms. The molecule has 0 aliphatic carbocycles. The number of rotatable bonds is 1. The van der Waals surface area contributed by atoms with Crippen LogP contribution in [0.25, 0.3) is 0 Å². The Morgan fingerprint density at radius 1 is 1.27 bits per heavy atom. The van der Waals surface area contributed by atoms with Crippen LogP contribution in [-0.4, -0.2) is 0 Å². The van der Waals surface area contributed by atoms with E-state index in [0.29, 0.717) is 0 Å². The molecule has 0 fully saturated rings. The second-order valence-electron chi connectivity index (χ2n) is 2.34. The van der Waals surface area contributed by atoms with E-state index in [1.54, 1.807) is 12.1 Å². The molecule has 62 valence electrons. The summed E-state index contributed by atoms with van der Waals surface area (Å²) < 4.78 is 12.3. The van der Waals surface area contributed by atoms with Crippen LogP contribution in [0.5, 0.6) is 0 Å². The van der Waals surface area contributed by atoms with Gasteiger partial charge in [-0.05, 0) is 24.6 Å². The quantitative estimate of drug-likeness (QED) is 0.696. The number of hydrogen-bond donors (Lipinski definition) is 1. The first-order valence-electron chi connectivity index (χ1n) is 3.21. The number of halogens is 2. The van der Waals surface area contributed by atoms with Crippen molar-refractivity contribution >= 4 is 12.4 Å². The van der Waals surface area contributed by atoms with Gasteiger partial charge < -0.3 is 5.73 Å². The lowest BCUT2D eigenvalue weighted by molar-refractivity contribution is 0.626. The molecule has 0 aromatic heterocycles. The Hall–Kier alpha value is -0.600. The first kappa shape index (κ1) is 10.4. The van der Waals surface area contributed by atoms with Gasteiger partial charge in [0.15, 0.2) is 0 Å². The van der Waals surface area contributed by atoms with Crippen LogP contribution >= 0.6 is 12.4 Å². The maximum Gasteiger partial charge on any atom is 0.123 e. The van der Waals surface area contributed by atoms with E-state index >= 15 is 0 Å². The van der Waals surface area contributed by atoms with Crippen molar-refractivity contribution in [2.45, 2.75) is 13.0 Å². The average Bonchev–Trinajstić information content (AvgIpc) is 1.88. The van der Waals surface area contributed by atoms with E-state index in [-0.39, 0.29) is 24.3 Å². The summed E-state index contributed by atoms with van der Waals surface area (Å²) in [6.07, 6.45) is 0. The predicted octanol–water partition coefficient (Wildman–Crippen LogP) is 2.27. The summed E-state index contributed by atoms with van der Waals surface area (Å²) in [5, 5.41) is 0. The molecule has 2 N–H and O–H groups in total. The Kier molecular flexibility index (Phi) is 4.08. The van der Waals surface area contributed by atoms with Crippen molar-refractivity contribution in [1.29, 1.82) is 0 Å². The maximum atomic E-state index is 12.3. The van der Waals surface area contributed by atoms with Crippen molar-refractivity contribution in [1.82, 2.24) is 0 Å². The summed E-state index contributed by atoms with van der Waals surface area (Å²) in [6.45, 7) is 1.87. The molecule has 1 atom stereocenters. The lowest BCUT2D eigenvalue weighted by atomic mass is 10.1. The fourth-order valence-electron chi connectivity index (χ4n) is 0.766. The summed E-state index contributed by atoms with van der Waals surface area (Å²) >= 11 is 0. The van der Waals surface area contributed by atoms with Crippen LogP contribution in [0.3, 0.4) is 0 Å². The summed E-state index contributed by atoms with van der Waals surface area (Å²) in [5.74, 6) is -0.218. The topological polar surface area (TPSA) is 26.0 Å². The van der Waals surface area contributed by atoms with Gasteiger partial charge in [0.25, 0.3) is 0 Å². The zero-order chi connectivity index (χ0) is 7.56. The highest BCUT2D eigenvalue weighted by Gasteiger charge is 1.96. The predicted molar refractivity (Wildman–Crippen MR) is 46.3 cm³/mol. The number of benzene rings is 1. The largest absolute Gasteiger partial charge is 0.324 e. The summed E-state index contributed by atoms with van der Waals surface area (Å²) in [5.41, 5.74) is 6.50. The van der Waals surface area contributed by atoms with E-state index in [1.165, 1.54) is 12.1 Å². The molecule has 0 saturated carbocycles. The van der Waals surface area contributed by atoms with Gasteiger partial charge in [-0.25, -0.2) is 4.39 Å². The van der Waals surface area contributed by atoms with Crippen LogP contribution in [0.2, 0.25) is 0 Å². The van der Waals surface area contributed by atoms with Gasteiger partial charge in [0, 0.05) is 6.04 Å². The molecular weight excluding hydrogens is 165 g/mol. The van der Waals surface area contributed by atoms with Crippen LogP contribution in [0.1, 0.15) is 18.5 Å². The Balaban J connectivity index is 0.000001000. The third-order valence-electron chi connectivity index (χ3n) is 1.40. The maximum absolute atomic E-state index is 12.3. The Labute approximate surface area is 71.8 Å². The van der Waals surface area contributed by atoms with Crippen molar-refractivity contribution in [3.8, 4) is 0 Å². The summed E-state index contributed by atoms with van der Waals surface area (Å²) in [4.78, 5) is 0. The lowest BCUT2D eigenvalue weighted by Crippen LogP contribution is -2.04. The second kappa shape index (κ2) is 4.31. The molecule has 1 aromatic carbocycles. The normalized spacial score (nSPS) is 11.9. The van der Waals surface area contributed by atoms with Crippen LogP contribution in [-0.2, 0) is 0 Å². The van der Waals surface area contributed by atoms with E-state index in [1.807, 2.05) is 6.92 Å². The Morgan fingerprint density at radius 2 is 1.73 bits per heavy atom. The van der Waals surface area contributed by atoms with E-state index in [0.717, 1.165) is 5.56 Å². The minimum absolute atomic E-state index is 0. The molecule has 0 aliphatic heterocycles. The van der Waals surface area contributed by atoms with Crippen molar-refractivity contribution in [2.24, 2.45) is 5.73 Å². The number of hydrogen-bond acceptors (Lipinski definition) is 1. The van der Waals surface area contributed by atoms with Gasteiger partial charge in [-0.2, -0.15) is 0 Å². The zero-order valence-electron chi connectivity index (χ0n) is 6.25. The summed E-state index contributed by atoms with van der Waals surface area (Å²) in [7, 11) is 0. The molecule has 0 heterocycles. The Bertz CT molecular complexity index is 208. The molecular formula is C8H11ClFN. The van der Waals surface area contributed by atoms with Gasteiger partial charge in [0.2, 0.25) is 0 Å². The smallest absolute Gasteiger partial charge is 0.123 e. The highest BCUT2D eigenvalue weighted by Crippen LogP contribution is 2.09. The molecule has 1 nitrogen and oxygen atoms in total. The van der Waals surface area contributed by atoms with Gasteiger partial charge >= 0.3 is 0 Å². The Morgan fingerprint density at radius 3 is 2.09 bits per heavy atom. The van der Waals surface area contributed by atoms with E-state index in [2.05, 4.69) is 0 Å². The molecule has 0 saturated heterocycles. The van der Waals surface area contributed by atoms with E-state index in [9.17, 15) is 4.39 Å². The molecule has 3 heteroatoms. The second-order valence-corrected chi connectivity index (χ2v) is 2.34. The SMILES string of the molecule is C[C@H](N)c1ccc(F)cc1.Cl. The third-order valence-corrected chi connectivity index (χ3v) is 1.40. The highest BCUT2D eigenvalue weighted by atomic mass is 35.5. The molecule has 1 rings (SSSR count). The zero-order valence-corrected chi connectivity index (χ0v) is 7.07. The monoisotopic (exact) mass is 175 g/mol. The molecule has 0 unspecified atom stereocenters. The van der Waals surface area contributed by atoms with Crippen molar-refractivity contribution in [2.75, 3.05) is 0 Å². The number of nitrogens with two attached hydrogens (primary N) is 1. The molecule has 1 aromatic rings. The van der Waals surface area contributed by atoms with E-state index in [4.69, 9.17) is 5.73 Å². The minimum atomic E-state index is -0.218. The first-order chi connectivity index (χ1) is 4.70. The van der Waals surface area contributed by atoms with Crippen LogP contribution in [0, 0.1) is 5.82 Å². The van der Waals surface area contributed by atoms with Crippen LogP contribution < -0.4 is 5.73 Å². The third kappa shape index (κ3) is 2.87. The van der Waals surface area contributed by atoms with Gasteiger partial charge in [0.05, 0.1) is 0 Å². The lowest BCUT2D eigenvalue weighted by Gasteiger charge is -2.02. The fourth-order valence-corrected chi connectivity index (χ4v) is 0.766. The standard InChI is InChI=1S/C8H10FN.ClH/c1-6(10)7-2-4-8(9)5-3-7;/h2-6H,10H2,1H3;1H/t6-;/m0./s1. The molecule has 0 radical (unpaired) electrons. The van der Waals surface area contributed by atoms with Crippen molar-refractivity contribution in [3.05, 3.63) is 35.6 Å². The summed E-state index contributed by atoms with van der Waals surface area (Å²) in [6, 6.07) is 6.21. The van der Waals surface area contributed by atoms with Gasteiger partial charge in [-0.3, -0.25) is 0 Å².